The van der Waals surface area contributed by atoms with Crippen LogP contribution >= 0.6 is 0 Å². The van der Waals surface area contributed by atoms with Gasteiger partial charge in [0.1, 0.15) is 11.6 Å². The molecule has 0 spiro atoms. The number of phenols is 1. The van der Waals surface area contributed by atoms with Crippen LogP contribution < -0.4 is 0 Å². The van der Waals surface area contributed by atoms with Crippen molar-refractivity contribution in [2.45, 2.75) is 72.1 Å². The van der Waals surface area contributed by atoms with E-state index >= 15 is 0 Å². The Balaban J connectivity index is 0.00000528. The van der Waals surface area contributed by atoms with Crippen LogP contribution in [0.3, 0.4) is 0 Å². The average Bonchev–Trinajstić information content (AvgIpc) is 3.60. The first-order valence-electron chi connectivity index (χ1n) is 20.2. The van der Waals surface area contributed by atoms with Gasteiger partial charge in [0.05, 0.1) is 16.6 Å². The smallest absolute Gasteiger partial charge is 0.148 e. The summed E-state index contributed by atoms with van der Waals surface area (Å²) < 4.78 is 10.7. The van der Waals surface area contributed by atoms with Gasteiger partial charge in [-0.05, 0) is 86.5 Å². The van der Waals surface area contributed by atoms with E-state index in [1.54, 1.807) is 6.07 Å². The molecule has 5 heteroatoms. The molecule has 294 valence electrons. The van der Waals surface area contributed by atoms with Crippen LogP contribution in [0.2, 0.25) is 0 Å². The Morgan fingerprint density at radius 3 is 1.95 bits per heavy atom. The van der Waals surface area contributed by atoms with Crippen molar-refractivity contribution in [3.63, 3.8) is 0 Å². The summed E-state index contributed by atoms with van der Waals surface area (Å²) in [6.07, 6.45) is 1.86. The van der Waals surface area contributed by atoms with Gasteiger partial charge in [0.25, 0.3) is 0 Å². The number of para-hydroxylation sites is 2. The Bertz CT molecular complexity index is 2790. The number of rotatable bonds is 7. The van der Waals surface area contributed by atoms with Crippen LogP contribution in [0, 0.1) is 6.07 Å². The fraction of sp³-hybridized carbons (Fsp3) is 0.208. The van der Waals surface area contributed by atoms with Crippen molar-refractivity contribution >= 4 is 11.0 Å². The van der Waals surface area contributed by atoms with E-state index in [1.807, 2.05) is 62.5 Å². The Morgan fingerprint density at radius 1 is 0.621 bits per heavy atom. The molecule has 58 heavy (non-hydrogen) atoms. The van der Waals surface area contributed by atoms with Crippen LogP contribution in [-0.2, 0) is 31.9 Å². The number of fused-ring (bicyclic) bond motifs is 1. The summed E-state index contributed by atoms with van der Waals surface area (Å²) in [5.41, 5.74) is 14.4. The third kappa shape index (κ3) is 8.09. The molecule has 0 aliphatic rings. The minimum absolute atomic E-state index is 0. The Hall–Kier alpha value is -5.57. The molecule has 8 rings (SSSR count). The zero-order chi connectivity index (χ0) is 41.0. The third-order valence-corrected chi connectivity index (χ3v) is 10.8. The second-order valence-corrected chi connectivity index (χ2v) is 17.3. The molecule has 0 saturated heterocycles. The molecule has 2 heterocycles. The maximum Gasteiger partial charge on any atom is 0.148 e. The van der Waals surface area contributed by atoms with E-state index in [0.717, 1.165) is 72.5 Å². The number of imidazole rings is 1. The van der Waals surface area contributed by atoms with Gasteiger partial charge >= 0.3 is 0 Å². The minimum Gasteiger partial charge on any atom is -0.507 e. The predicted molar refractivity (Wildman–Crippen MR) is 238 cm³/mol. The van der Waals surface area contributed by atoms with E-state index in [-0.39, 0.29) is 37.6 Å². The normalized spacial score (nSPS) is 12.3. The van der Waals surface area contributed by atoms with Gasteiger partial charge < -0.3 is 5.11 Å². The first kappa shape index (κ1) is 39.3. The van der Waals surface area contributed by atoms with Crippen LogP contribution in [0.15, 0.2) is 146 Å². The van der Waals surface area contributed by atoms with Gasteiger partial charge in [-0.1, -0.05) is 158 Å². The van der Waals surface area contributed by atoms with Crippen LogP contribution in [0.1, 0.15) is 79.3 Å². The predicted octanol–water partition coefficient (Wildman–Crippen LogP) is 14.0. The fourth-order valence-electron chi connectivity index (χ4n) is 7.43. The molecule has 8 aromatic rings. The SMILES string of the molecule is [2H]C(C)(C)c1ccc(-c2ccnc(-c3[c-]c(-c4cccc5c4nc(-c4ccccc4O)n5-c4cc(-c5ccccc5)cc(C(C)(C)C)c4)cc(C(C)(C)C)c3)c2)cc1.[Pt]. The van der Waals surface area contributed by atoms with Crippen LogP contribution in [-0.4, -0.2) is 19.6 Å². The number of benzene rings is 6. The van der Waals surface area contributed by atoms with E-state index in [2.05, 4.69) is 143 Å². The Labute approximate surface area is 359 Å². The molecule has 0 unspecified atom stereocenters. The largest absolute Gasteiger partial charge is 0.507 e. The van der Waals surface area contributed by atoms with E-state index in [1.165, 1.54) is 5.56 Å². The molecular weight excluding hydrogens is 890 g/mol. The number of aromatic hydroxyl groups is 1. The number of aromatic nitrogens is 3. The molecule has 0 atom stereocenters. The molecule has 2 aromatic heterocycles. The number of pyridine rings is 1. The summed E-state index contributed by atoms with van der Waals surface area (Å²) in [4.78, 5) is 10.3. The maximum absolute atomic E-state index is 11.3. The van der Waals surface area contributed by atoms with Crippen molar-refractivity contribution < 1.29 is 27.5 Å². The summed E-state index contributed by atoms with van der Waals surface area (Å²) in [6.45, 7) is 17.2. The molecule has 0 aliphatic heterocycles. The standard InChI is InChI=1S/C53H50N3O.Pt/c1-34(2)35-21-23-37(24-22-35)38-25-26-54-47(32-38)41-27-40(29-42(30-41)52(3,4)5)45-18-14-19-48-50(45)55-51(46-17-12-13-20-49(46)57)56(48)44-31-39(36-15-10-9-11-16-36)28-43(33-44)53(6,7)8;/h9-26,28-34,57H,1-8H3;/q-1;/i34D;. The van der Waals surface area contributed by atoms with Gasteiger partial charge in [-0.2, -0.15) is 0 Å². The van der Waals surface area contributed by atoms with Crippen molar-refractivity contribution in [1.82, 2.24) is 14.5 Å². The molecule has 0 bridgehead atoms. The van der Waals surface area contributed by atoms with Crippen molar-refractivity contribution in [2.75, 3.05) is 0 Å². The van der Waals surface area contributed by atoms with Crippen molar-refractivity contribution in [1.29, 1.82) is 0 Å². The zero-order valence-electron chi connectivity index (χ0n) is 35.5. The quantitative estimate of drug-likeness (QED) is 0.162. The summed E-state index contributed by atoms with van der Waals surface area (Å²) in [7, 11) is 0. The summed E-state index contributed by atoms with van der Waals surface area (Å²) >= 11 is 0. The second kappa shape index (κ2) is 16.0. The first-order valence-corrected chi connectivity index (χ1v) is 19.7. The molecule has 1 N–H and O–H groups in total. The van der Waals surface area contributed by atoms with E-state index in [4.69, 9.17) is 11.3 Å². The molecule has 4 nitrogen and oxygen atoms in total. The number of nitrogens with zero attached hydrogens (tertiary/aromatic N) is 3. The van der Waals surface area contributed by atoms with Crippen molar-refractivity contribution in [3.05, 3.63) is 168 Å². The number of hydrogen-bond donors (Lipinski definition) is 1. The number of hydrogen-bond acceptors (Lipinski definition) is 3. The van der Waals surface area contributed by atoms with Crippen molar-refractivity contribution in [3.8, 4) is 67.5 Å². The fourth-order valence-corrected chi connectivity index (χ4v) is 7.43. The summed E-state index contributed by atoms with van der Waals surface area (Å²) in [6, 6.07) is 51.7. The molecule has 0 fully saturated rings. The molecule has 0 radical (unpaired) electrons. The molecule has 6 aromatic carbocycles. The van der Waals surface area contributed by atoms with Gasteiger partial charge in [-0.15, -0.1) is 29.3 Å². The topological polar surface area (TPSA) is 50.9 Å². The molecule has 0 aliphatic carbocycles. The van der Waals surface area contributed by atoms with Gasteiger partial charge in [0, 0.05) is 40.0 Å². The van der Waals surface area contributed by atoms with E-state index in [0.29, 0.717) is 11.4 Å². The first-order chi connectivity index (χ1) is 27.5. The van der Waals surface area contributed by atoms with Gasteiger partial charge in [0.2, 0.25) is 0 Å². The van der Waals surface area contributed by atoms with E-state index in [9.17, 15) is 5.11 Å². The molecule has 0 saturated carbocycles. The van der Waals surface area contributed by atoms with Crippen LogP contribution in [0.5, 0.6) is 5.75 Å². The summed E-state index contributed by atoms with van der Waals surface area (Å²) in [5.74, 6) is 0.166. The zero-order valence-corrected chi connectivity index (χ0v) is 36.7. The van der Waals surface area contributed by atoms with Gasteiger partial charge in [-0.25, -0.2) is 4.98 Å². The van der Waals surface area contributed by atoms with Crippen LogP contribution in [0.4, 0.5) is 0 Å². The van der Waals surface area contributed by atoms with Gasteiger partial charge in [-0.3, -0.25) is 9.55 Å². The molecule has 0 amide bonds. The van der Waals surface area contributed by atoms with Gasteiger partial charge in [0.15, 0.2) is 0 Å². The van der Waals surface area contributed by atoms with Crippen molar-refractivity contribution in [2.24, 2.45) is 0 Å². The number of phenolic OH excluding ortho intramolecular Hbond substituents is 1. The Morgan fingerprint density at radius 2 is 1.26 bits per heavy atom. The molecular formula is C53H50N3OPt-. The maximum atomic E-state index is 11.3. The summed E-state index contributed by atoms with van der Waals surface area (Å²) in [5, 5.41) is 11.3. The third-order valence-electron chi connectivity index (χ3n) is 10.8. The average molecular weight is 941 g/mol. The Kier molecular flexibility index (Phi) is 10.8. The minimum atomic E-state index is -0.663. The monoisotopic (exact) mass is 940 g/mol. The van der Waals surface area contributed by atoms with Crippen LogP contribution in [0.25, 0.3) is 72.7 Å². The second-order valence-electron chi connectivity index (χ2n) is 17.3. The van der Waals surface area contributed by atoms with E-state index < -0.39 is 5.89 Å².